The molecule has 0 aromatic carbocycles. The van der Waals surface area contributed by atoms with Crippen molar-refractivity contribution >= 4 is 29.3 Å². The number of aliphatic hydroxyl groups is 1. The maximum absolute atomic E-state index is 8.98. The second-order valence-corrected chi connectivity index (χ2v) is 5.59. The molecular formula is C15H26ClN5O. The van der Waals surface area contributed by atoms with Gasteiger partial charge >= 0.3 is 0 Å². The molecule has 0 aliphatic heterocycles. The molecule has 0 spiro atoms. The molecule has 0 amide bonds. The Kier molecular flexibility index (Phi) is 7.06. The smallest absolute Gasteiger partial charge is 0.145 e. The van der Waals surface area contributed by atoms with Crippen LogP contribution < -0.4 is 5.32 Å². The largest absolute Gasteiger partial charge is 0.395 e. The number of nitrogens with zero attached hydrogens (tertiary/aromatic N) is 4. The SMILES string of the molecule is Cc1c(C)n(CCCN(C)C)c2ncnc(NCCO)c12.Cl. The van der Waals surface area contributed by atoms with Crippen LogP contribution in [-0.2, 0) is 6.54 Å². The summed E-state index contributed by atoms with van der Waals surface area (Å²) in [5.74, 6) is 0.806. The van der Waals surface area contributed by atoms with Crippen molar-refractivity contribution in [2.75, 3.05) is 39.1 Å². The molecule has 7 heteroatoms. The van der Waals surface area contributed by atoms with Crippen LogP contribution in [0.25, 0.3) is 11.0 Å². The van der Waals surface area contributed by atoms with Crippen LogP contribution in [0.3, 0.4) is 0 Å². The van der Waals surface area contributed by atoms with Crippen molar-refractivity contribution in [3.05, 3.63) is 17.6 Å². The van der Waals surface area contributed by atoms with Gasteiger partial charge < -0.3 is 19.9 Å². The lowest BCUT2D eigenvalue weighted by atomic mass is 10.2. The molecule has 2 rings (SSSR count). The molecule has 124 valence electrons. The molecule has 0 atom stereocenters. The van der Waals surface area contributed by atoms with Crippen molar-refractivity contribution in [1.29, 1.82) is 0 Å². The van der Waals surface area contributed by atoms with Gasteiger partial charge in [-0.05, 0) is 46.5 Å². The number of fused-ring (bicyclic) bond motifs is 1. The molecule has 0 bridgehead atoms. The molecule has 22 heavy (non-hydrogen) atoms. The zero-order valence-corrected chi connectivity index (χ0v) is 14.6. The molecule has 0 unspecified atom stereocenters. The number of rotatable bonds is 7. The Hall–Kier alpha value is -1.37. The van der Waals surface area contributed by atoms with Crippen LogP contribution in [0.5, 0.6) is 0 Å². The highest BCUT2D eigenvalue weighted by atomic mass is 35.5. The number of halogens is 1. The lowest BCUT2D eigenvalue weighted by molar-refractivity contribution is 0.311. The number of aryl methyl sites for hydroxylation is 2. The number of aromatic nitrogens is 3. The average Bonchev–Trinajstić information content (AvgIpc) is 2.70. The highest BCUT2D eigenvalue weighted by molar-refractivity contribution is 5.91. The van der Waals surface area contributed by atoms with Crippen molar-refractivity contribution in [3.63, 3.8) is 0 Å². The van der Waals surface area contributed by atoms with E-state index < -0.39 is 0 Å². The van der Waals surface area contributed by atoms with Gasteiger partial charge in [-0.1, -0.05) is 0 Å². The average molecular weight is 328 g/mol. The van der Waals surface area contributed by atoms with Crippen molar-refractivity contribution in [2.24, 2.45) is 0 Å². The Bertz CT molecular complexity index is 611. The summed E-state index contributed by atoms with van der Waals surface area (Å²) >= 11 is 0. The van der Waals surface area contributed by atoms with Gasteiger partial charge in [0.25, 0.3) is 0 Å². The van der Waals surface area contributed by atoms with Gasteiger partial charge in [0.05, 0.1) is 12.0 Å². The Morgan fingerprint density at radius 3 is 2.64 bits per heavy atom. The normalized spacial score (nSPS) is 11.0. The third kappa shape index (κ3) is 3.88. The highest BCUT2D eigenvalue weighted by Gasteiger charge is 2.15. The van der Waals surface area contributed by atoms with Crippen molar-refractivity contribution in [1.82, 2.24) is 19.4 Å². The number of hydrogen-bond acceptors (Lipinski definition) is 5. The molecule has 2 heterocycles. The molecule has 0 aliphatic rings. The highest BCUT2D eigenvalue weighted by Crippen LogP contribution is 2.28. The first-order chi connectivity index (χ1) is 10.1. The van der Waals surface area contributed by atoms with Crippen molar-refractivity contribution < 1.29 is 5.11 Å². The van der Waals surface area contributed by atoms with Crippen LogP contribution in [0.2, 0.25) is 0 Å². The van der Waals surface area contributed by atoms with Gasteiger partial charge in [-0.3, -0.25) is 0 Å². The molecule has 0 saturated heterocycles. The first-order valence-corrected chi connectivity index (χ1v) is 7.36. The minimum atomic E-state index is 0. The quantitative estimate of drug-likeness (QED) is 0.812. The molecule has 0 aliphatic carbocycles. The molecule has 2 aromatic heterocycles. The topological polar surface area (TPSA) is 66.2 Å². The van der Waals surface area contributed by atoms with E-state index in [1.54, 1.807) is 6.33 Å². The standard InChI is InChI=1S/C15H25N5O.ClH/c1-11-12(2)20(8-5-7-19(3)4)15-13(11)14(16-6-9-21)17-10-18-15;/h10,21H,5-9H2,1-4H3,(H,16,17,18);1H. The summed E-state index contributed by atoms with van der Waals surface area (Å²) in [6.45, 7) is 6.82. The Morgan fingerprint density at radius 2 is 2.00 bits per heavy atom. The monoisotopic (exact) mass is 327 g/mol. The third-order valence-corrected chi connectivity index (χ3v) is 3.80. The second kappa shape index (κ2) is 8.31. The van der Waals surface area contributed by atoms with E-state index in [4.69, 9.17) is 5.11 Å². The minimum absolute atomic E-state index is 0. The predicted octanol–water partition coefficient (Wildman–Crippen LogP) is 1.83. The Balaban J connectivity index is 0.00000242. The third-order valence-electron chi connectivity index (χ3n) is 3.80. The molecule has 0 fully saturated rings. The number of hydrogen-bond donors (Lipinski definition) is 2. The summed E-state index contributed by atoms with van der Waals surface area (Å²) < 4.78 is 2.26. The fraction of sp³-hybridized carbons (Fsp3) is 0.600. The number of anilines is 1. The first-order valence-electron chi connectivity index (χ1n) is 7.36. The molecule has 0 radical (unpaired) electrons. The summed E-state index contributed by atoms with van der Waals surface area (Å²) in [6.07, 6.45) is 2.67. The van der Waals surface area contributed by atoms with Crippen molar-refractivity contribution in [2.45, 2.75) is 26.8 Å². The van der Waals surface area contributed by atoms with Gasteiger partial charge in [0.15, 0.2) is 0 Å². The van der Waals surface area contributed by atoms with Crippen LogP contribution >= 0.6 is 12.4 Å². The van der Waals surface area contributed by atoms with E-state index in [1.165, 1.54) is 11.3 Å². The van der Waals surface area contributed by atoms with Crippen LogP contribution in [0, 0.1) is 13.8 Å². The van der Waals surface area contributed by atoms with Crippen LogP contribution in [0.4, 0.5) is 5.82 Å². The molecule has 2 aromatic rings. The Labute approximate surface area is 138 Å². The van der Waals surface area contributed by atoms with Crippen LogP contribution in [0.15, 0.2) is 6.33 Å². The van der Waals surface area contributed by atoms with E-state index in [-0.39, 0.29) is 19.0 Å². The van der Waals surface area contributed by atoms with Crippen LogP contribution in [0.1, 0.15) is 17.7 Å². The van der Waals surface area contributed by atoms with E-state index in [0.29, 0.717) is 6.54 Å². The zero-order chi connectivity index (χ0) is 15.4. The summed E-state index contributed by atoms with van der Waals surface area (Å²) in [6, 6.07) is 0. The maximum Gasteiger partial charge on any atom is 0.145 e. The van der Waals surface area contributed by atoms with Gasteiger partial charge in [-0.25, -0.2) is 9.97 Å². The lowest BCUT2D eigenvalue weighted by Crippen LogP contribution is -2.15. The van der Waals surface area contributed by atoms with Gasteiger partial charge in [0.1, 0.15) is 17.8 Å². The number of aliphatic hydroxyl groups excluding tert-OH is 1. The van der Waals surface area contributed by atoms with Crippen molar-refractivity contribution in [3.8, 4) is 0 Å². The number of nitrogens with one attached hydrogen (secondary N) is 1. The van der Waals surface area contributed by atoms with Gasteiger partial charge in [0.2, 0.25) is 0 Å². The van der Waals surface area contributed by atoms with Gasteiger partial charge in [-0.15, -0.1) is 12.4 Å². The van der Waals surface area contributed by atoms with E-state index in [9.17, 15) is 0 Å². The molecule has 6 nitrogen and oxygen atoms in total. The van der Waals surface area contributed by atoms with E-state index in [2.05, 4.69) is 52.7 Å². The summed E-state index contributed by atoms with van der Waals surface area (Å²) in [4.78, 5) is 11.0. The van der Waals surface area contributed by atoms with E-state index >= 15 is 0 Å². The second-order valence-electron chi connectivity index (χ2n) is 5.59. The Morgan fingerprint density at radius 1 is 1.27 bits per heavy atom. The van der Waals surface area contributed by atoms with Crippen LogP contribution in [-0.4, -0.2) is 58.3 Å². The maximum atomic E-state index is 8.98. The molecular weight excluding hydrogens is 302 g/mol. The molecule has 2 N–H and O–H groups in total. The lowest BCUT2D eigenvalue weighted by Gasteiger charge is -2.11. The predicted molar refractivity (Wildman–Crippen MR) is 93.0 cm³/mol. The summed E-state index contributed by atoms with van der Waals surface area (Å²) in [5.41, 5.74) is 3.41. The molecule has 0 saturated carbocycles. The summed E-state index contributed by atoms with van der Waals surface area (Å²) in [5, 5.41) is 13.2. The van der Waals surface area contributed by atoms with Gasteiger partial charge in [-0.2, -0.15) is 0 Å². The summed E-state index contributed by atoms with van der Waals surface area (Å²) in [7, 11) is 4.18. The fourth-order valence-corrected chi connectivity index (χ4v) is 2.60. The van der Waals surface area contributed by atoms with Gasteiger partial charge in [0, 0.05) is 18.8 Å². The first kappa shape index (κ1) is 18.7. The van der Waals surface area contributed by atoms with E-state index in [0.717, 1.165) is 36.4 Å². The van der Waals surface area contributed by atoms with E-state index in [1.807, 2.05) is 0 Å². The minimum Gasteiger partial charge on any atom is -0.395 e. The fourth-order valence-electron chi connectivity index (χ4n) is 2.60. The zero-order valence-electron chi connectivity index (χ0n) is 13.8.